The lowest BCUT2D eigenvalue weighted by molar-refractivity contribution is -0.123. The monoisotopic (exact) mass is 767 g/mol. The Bertz CT molecular complexity index is 1290. The summed E-state index contributed by atoms with van der Waals surface area (Å²) in [5.74, 6) is 0.307. The number of fused-ring (bicyclic) bond motifs is 1. The van der Waals surface area contributed by atoms with Crippen molar-refractivity contribution in [2.24, 2.45) is 0 Å². The number of methoxy groups -OCH3 is 1. The minimum absolute atomic E-state index is 0.0142. The number of amides is 5. The third-order valence-electron chi connectivity index (χ3n) is 8.52. The first-order valence-corrected chi connectivity index (χ1v) is 19.6. The predicted octanol–water partition coefficient (Wildman–Crippen LogP) is 2.24. The van der Waals surface area contributed by atoms with Crippen LogP contribution in [0.15, 0.2) is 18.2 Å². The molecule has 0 radical (unpaired) electrons. The van der Waals surface area contributed by atoms with Crippen LogP contribution in [-0.2, 0) is 28.6 Å². The number of hydrogen-bond donors (Lipinski definition) is 6. The lowest BCUT2D eigenvalue weighted by Crippen LogP contribution is -2.36. The maximum Gasteiger partial charge on any atom is 0.339 e. The summed E-state index contributed by atoms with van der Waals surface area (Å²) in [6, 6.07) is 4.94. The summed E-state index contributed by atoms with van der Waals surface area (Å²) in [7, 11) is 1.40. The van der Waals surface area contributed by atoms with Gasteiger partial charge in [-0.3, -0.25) is 14.4 Å². The van der Waals surface area contributed by atoms with Gasteiger partial charge < -0.3 is 55.4 Å². The average Bonchev–Trinajstić information content (AvgIpc) is 3.70. The molecule has 0 aromatic heterocycles. The first-order valence-electron chi connectivity index (χ1n) is 18.5. The molecule has 0 aliphatic carbocycles. The number of aromatic carboxylic acids is 1. The quantitative estimate of drug-likeness (QED) is 0.0492. The van der Waals surface area contributed by atoms with Crippen molar-refractivity contribution in [3.05, 3.63) is 23.8 Å². The number of nitrogens with one attached hydrogen (secondary N) is 5. The fraction of sp³-hybridized carbons (Fsp3) is 0.694. The molecule has 17 heteroatoms. The van der Waals surface area contributed by atoms with Gasteiger partial charge in [-0.1, -0.05) is 6.42 Å². The van der Waals surface area contributed by atoms with Gasteiger partial charge in [0.05, 0.1) is 52.2 Å². The number of rotatable bonds is 30. The molecule has 3 rings (SSSR count). The molecule has 0 saturated carbocycles. The Labute approximate surface area is 315 Å². The van der Waals surface area contributed by atoms with Crippen LogP contribution in [0.25, 0.3) is 0 Å². The second kappa shape index (κ2) is 26.1. The minimum Gasteiger partial charge on any atom is -0.496 e. The van der Waals surface area contributed by atoms with Crippen LogP contribution in [-0.4, -0.2) is 131 Å². The van der Waals surface area contributed by atoms with Gasteiger partial charge in [-0.2, -0.15) is 11.8 Å². The highest BCUT2D eigenvalue weighted by atomic mass is 32.2. The van der Waals surface area contributed by atoms with Crippen molar-refractivity contribution in [3.8, 4) is 11.5 Å². The second-order valence-electron chi connectivity index (χ2n) is 12.7. The molecule has 6 N–H and O–H groups in total. The van der Waals surface area contributed by atoms with Gasteiger partial charge in [-0.15, -0.1) is 0 Å². The van der Waals surface area contributed by atoms with E-state index in [1.807, 2.05) is 11.8 Å². The maximum absolute atomic E-state index is 12.1. The lowest BCUT2D eigenvalue weighted by Gasteiger charge is -2.16. The van der Waals surface area contributed by atoms with Gasteiger partial charge in [0.2, 0.25) is 17.7 Å². The Kier molecular flexibility index (Phi) is 21.4. The number of urea groups is 1. The topological polar surface area (TPSA) is 212 Å². The third-order valence-corrected chi connectivity index (χ3v) is 10.0. The molecule has 3 atom stereocenters. The number of thioether (sulfide) groups is 1. The van der Waals surface area contributed by atoms with Crippen molar-refractivity contribution in [2.75, 3.05) is 78.7 Å². The number of hydrogen-bond acceptors (Lipinski definition) is 11. The van der Waals surface area contributed by atoms with Gasteiger partial charge in [0, 0.05) is 63.1 Å². The molecule has 2 saturated heterocycles. The highest BCUT2D eigenvalue weighted by Gasteiger charge is 2.42. The molecule has 298 valence electrons. The highest BCUT2D eigenvalue weighted by molar-refractivity contribution is 8.00. The van der Waals surface area contributed by atoms with Crippen LogP contribution >= 0.6 is 11.8 Å². The summed E-state index contributed by atoms with van der Waals surface area (Å²) in [5.41, 5.74) is 0.0142. The molecule has 1 aromatic carbocycles. The summed E-state index contributed by atoms with van der Waals surface area (Å²) < 4.78 is 27.2. The van der Waals surface area contributed by atoms with Gasteiger partial charge in [0.15, 0.2) is 0 Å². The van der Waals surface area contributed by atoms with Crippen LogP contribution in [0.5, 0.6) is 11.5 Å². The smallest absolute Gasteiger partial charge is 0.339 e. The Morgan fingerprint density at radius 1 is 0.755 bits per heavy atom. The molecule has 1 aromatic rings. The number of carboxylic acid groups (broad SMARTS) is 1. The van der Waals surface area contributed by atoms with Crippen LogP contribution in [0.4, 0.5) is 4.79 Å². The maximum atomic E-state index is 12.1. The van der Waals surface area contributed by atoms with Crippen LogP contribution < -0.4 is 36.1 Å². The summed E-state index contributed by atoms with van der Waals surface area (Å²) in [5, 5.41) is 24.2. The van der Waals surface area contributed by atoms with Crippen LogP contribution in [0.2, 0.25) is 0 Å². The number of carbonyl (C=O) groups is 5. The van der Waals surface area contributed by atoms with E-state index in [1.54, 1.807) is 6.07 Å². The van der Waals surface area contributed by atoms with Gasteiger partial charge in [0.1, 0.15) is 17.1 Å². The molecule has 2 fully saturated rings. The molecule has 5 amide bonds. The fourth-order valence-electron chi connectivity index (χ4n) is 5.73. The van der Waals surface area contributed by atoms with Gasteiger partial charge in [-0.25, -0.2) is 9.59 Å². The number of benzene rings is 1. The Morgan fingerprint density at radius 3 is 1.91 bits per heavy atom. The lowest BCUT2D eigenvalue weighted by atomic mass is 10.0. The number of unbranched alkanes of at least 4 members (excludes halogenated alkanes) is 1. The third kappa shape index (κ3) is 18.2. The summed E-state index contributed by atoms with van der Waals surface area (Å²) in [6.07, 6.45) is 6.22. The zero-order chi connectivity index (χ0) is 38.1. The number of carbonyl (C=O) groups excluding carboxylic acids is 4. The zero-order valence-electron chi connectivity index (χ0n) is 30.8. The first kappa shape index (κ1) is 43.6. The van der Waals surface area contributed by atoms with E-state index in [1.165, 1.54) is 19.2 Å². The van der Waals surface area contributed by atoms with E-state index in [-0.39, 0.29) is 60.0 Å². The van der Waals surface area contributed by atoms with Crippen molar-refractivity contribution in [3.63, 3.8) is 0 Å². The van der Waals surface area contributed by atoms with E-state index in [4.69, 9.17) is 23.7 Å². The van der Waals surface area contributed by atoms with Gasteiger partial charge >= 0.3 is 12.0 Å². The largest absolute Gasteiger partial charge is 0.496 e. The fourth-order valence-corrected chi connectivity index (χ4v) is 7.27. The Balaban J connectivity index is 0.999. The van der Waals surface area contributed by atoms with Crippen LogP contribution in [0.1, 0.15) is 74.6 Å². The van der Waals surface area contributed by atoms with Crippen molar-refractivity contribution in [1.82, 2.24) is 26.6 Å². The van der Waals surface area contributed by atoms with Crippen LogP contribution in [0, 0.1) is 0 Å². The number of ether oxygens (including phenoxy) is 5. The zero-order valence-corrected chi connectivity index (χ0v) is 31.6. The van der Waals surface area contributed by atoms with Crippen molar-refractivity contribution < 1.29 is 52.8 Å². The van der Waals surface area contributed by atoms with Crippen LogP contribution in [0.3, 0.4) is 0 Å². The van der Waals surface area contributed by atoms with E-state index in [0.29, 0.717) is 103 Å². The first-order chi connectivity index (χ1) is 25.8. The van der Waals surface area contributed by atoms with E-state index in [0.717, 1.165) is 31.4 Å². The standard InChI is InChI=1S/C36H57N5O11S/c1-48-29-13-12-26(24-27(29)35(45)46)52-19-7-16-39-33(44)11-4-10-32(43)38-15-6-18-50-21-23-51-22-20-49-17-5-14-37-31(42)9-3-2-8-30-34-28(25-53-30)40-36(47)41-34/h12-13,24,28,30,34H,2-11,14-23,25H2,1H3,(H,37,42)(H,38,43)(H,39,44)(H,45,46)(H2,40,41,47)/t28-,30-,34-/m0/s1. The van der Waals surface area contributed by atoms with E-state index in [9.17, 15) is 29.1 Å². The average molecular weight is 768 g/mol. The van der Waals surface area contributed by atoms with Gasteiger partial charge in [0.25, 0.3) is 0 Å². The van der Waals surface area contributed by atoms with E-state index >= 15 is 0 Å². The Morgan fingerprint density at radius 2 is 1.32 bits per heavy atom. The Hall–Kier alpha value is -3.80. The van der Waals surface area contributed by atoms with Crippen molar-refractivity contribution >= 4 is 41.5 Å². The molecule has 0 spiro atoms. The second-order valence-corrected chi connectivity index (χ2v) is 14.0. The minimum atomic E-state index is -1.11. The van der Waals surface area contributed by atoms with Crippen molar-refractivity contribution in [2.45, 2.75) is 81.5 Å². The highest BCUT2D eigenvalue weighted by Crippen LogP contribution is 2.33. The molecular weight excluding hydrogens is 710 g/mol. The van der Waals surface area contributed by atoms with Gasteiger partial charge in [-0.05, 0) is 56.7 Å². The molecule has 2 aliphatic heterocycles. The summed E-state index contributed by atoms with van der Waals surface area (Å²) >= 11 is 1.90. The molecular formula is C36H57N5O11S. The van der Waals surface area contributed by atoms with Crippen molar-refractivity contribution in [1.29, 1.82) is 0 Å². The SMILES string of the molecule is COc1ccc(OCCCNC(=O)CCCC(=O)NCCCOCCOCCOCCCNC(=O)CCCC[C@@H]2SC[C@@H]3NC(=O)N[C@@H]32)cc1C(=O)O. The molecule has 0 bridgehead atoms. The summed E-state index contributed by atoms with van der Waals surface area (Å²) in [4.78, 5) is 58.9. The van der Waals surface area contributed by atoms with E-state index in [2.05, 4.69) is 26.6 Å². The summed E-state index contributed by atoms with van der Waals surface area (Å²) in [6.45, 7) is 4.64. The molecule has 2 heterocycles. The molecule has 16 nitrogen and oxygen atoms in total. The molecule has 53 heavy (non-hydrogen) atoms. The molecule has 2 aliphatic rings. The van der Waals surface area contributed by atoms with E-state index < -0.39 is 5.97 Å². The normalized spacial score (nSPS) is 17.4. The predicted molar refractivity (Wildman–Crippen MR) is 199 cm³/mol. The number of carboxylic acids is 1. The molecule has 0 unspecified atom stereocenters.